The number of oxazole rings is 1. The predicted molar refractivity (Wildman–Crippen MR) is 120 cm³/mol. The molecule has 2 atom stereocenters. The van der Waals surface area contributed by atoms with Gasteiger partial charge in [-0.2, -0.15) is 0 Å². The number of fused-ring (bicyclic) bond motifs is 2. The highest BCUT2D eigenvalue weighted by Crippen LogP contribution is 2.30. The summed E-state index contributed by atoms with van der Waals surface area (Å²) >= 11 is 1.68. The Bertz CT molecular complexity index is 1250. The van der Waals surface area contributed by atoms with Crippen LogP contribution in [0.25, 0.3) is 21.2 Å². The van der Waals surface area contributed by atoms with Crippen LogP contribution >= 0.6 is 11.3 Å². The van der Waals surface area contributed by atoms with Gasteiger partial charge in [0.2, 0.25) is 0 Å². The zero-order valence-corrected chi connectivity index (χ0v) is 17.8. The topological polar surface area (TPSA) is 52.5 Å². The lowest BCUT2D eigenvalue weighted by Gasteiger charge is -2.45. The molecule has 0 radical (unpaired) electrons. The highest BCUT2D eigenvalue weighted by Gasteiger charge is 2.30. The Balaban J connectivity index is 1.33. The second-order valence-electron chi connectivity index (χ2n) is 8.16. The van der Waals surface area contributed by atoms with E-state index in [0.29, 0.717) is 17.7 Å². The Labute approximate surface area is 177 Å². The van der Waals surface area contributed by atoms with Gasteiger partial charge in [-0.3, -0.25) is 9.88 Å². The Kier molecular flexibility index (Phi) is 4.87. The summed E-state index contributed by atoms with van der Waals surface area (Å²) in [5, 5.41) is 3.19. The van der Waals surface area contributed by atoms with Gasteiger partial charge in [-0.05, 0) is 66.9 Å². The molecule has 0 spiro atoms. The van der Waals surface area contributed by atoms with Crippen LogP contribution in [0.2, 0.25) is 0 Å². The van der Waals surface area contributed by atoms with Crippen LogP contribution in [0.4, 0.5) is 10.1 Å². The third-order valence-corrected chi connectivity index (χ3v) is 7.14. The van der Waals surface area contributed by atoms with E-state index in [1.165, 1.54) is 11.6 Å². The number of thiophene rings is 1. The minimum absolute atomic E-state index is 0.178. The summed E-state index contributed by atoms with van der Waals surface area (Å²) in [6.45, 7) is 7.12. The molecule has 7 heteroatoms. The zero-order valence-electron chi connectivity index (χ0n) is 17.0. The van der Waals surface area contributed by atoms with Crippen molar-refractivity contribution in [3.8, 4) is 0 Å². The molecular weight excluding hydrogens is 401 g/mol. The van der Waals surface area contributed by atoms with Gasteiger partial charge in [0.1, 0.15) is 5.82 Å². The number of para-hydroxylation sites is 1. The van der Waals surface area contributed by atoms with E-state index in [1.54, 1.807) is 17.4 Å². The zero-order chi connectivity index (χ0) is 20.8. The van der Waals surface area contributed by atoms with Crippen molar-refractivity contribution in [1.29, 1.82) is 0 Å². The summed E-state index contributed by atoms with van der Waals surface area (Å²) in [5.74, 6) is -0.598. The number of aromatic nitrogens is 1. The molecule has 0 amide bonds. The normalized spacial score (nSPS) is 20.4. The Morgan fingerprint density at radius 1 is 1.20 bits per heavy atom. The number of hydrogen-bond acceptors (Lipinski definition) is 5. The number of nitrogens with one attached hydrogen (secondary N) is 1. The molecule has 2 aromatic heterocycles. The van der Waals surface area contributed by atoms with Gasteiger partial charge in [0.25, 0.3) is 0 Å². The molecule has 0 aliphatic carbocycles. The standard InChI is InChI=1S/C23H24FN3O2S/c1-14-11-26(20-5-3-4-19-22(20)29-23(28)25-19)12-15(2)27(14)9-8-16-13-30-21-7-6-17(24)10-18(16)21/h3-7,10,13-15H,8-9,11-12H2,1-2H3,(H,25,28)/t14-,15+. The molecule has 3 heterocycles. The van der Waals surface area contributed by atoms with E-state index in [4.69, 9.17) is 4.42 Å². The van der Waals surface area contributed by atoms with Crippen molar-refractivity contribution < 1.29 is 8.81 Å². The fraction of sp³-hybridized carbons (Fsp3) is 0.348. The molecule has 0 unspecified atom stereocenters. The number of benzene rings is 2. The number of aromatic amines is 1. The van der Waals surface area contributed by atoms with E-state index in [2.05, 4.69) is 34.0 Å². The lowest BCUT2D eigenvalue weighted by Crippen LogP contribution is -2.57. The first-order chi connectivity index (χ1) is 14.5. The largest absolute Gasteiger partial charge is 0.417 e. The average Bonchev–Trinajstić information content (AvgIpc) is 3.29. The monoisotopic (exact) mass is 425 g/mol. The van der Waals surface area contributed by atoms with Crippen LogP contribution in [0.15, 0.2) is 51.0 Å². The lowest BCUT2D eigenvalue weighted by atomic mass is 10.0. The molecule has 0 saturated carbocycles. The summed E-state index contributed by atoms with van der Waals surface area (Å²) in [7, 11) is 0. The summed E-state index contributed by atoms with van der Waals surface area (Å²) in [5.41, 5.74) is 3.54. The Hall–Kier alpha value is -2.64. The van der Waals surface area contributed by atoms with Crippen molar-refractivity contribution >= 4 is 38.2 Å². The van der Waals surface area contributed by atoms with Gasteiger partial charge in [0, 0.05) is 36.4 Å². The van der Waals surface area contributed by atoms with Crippen molar-refractivity contribution in [2.75, 3.05) is 24.5 Å². The highest BCUT2D eigenvalue weighted by atomic mass is 32.1. The molecule has 1 saturated heterocycles. The van der Waals surface area contributed by atoms with E-state index in [-0.39, 0.29) is 5.82 Å². The van der Waals surface area contributed by atoms with Gasteiger partial charge in [-0.25, -0.2) is 9.18 Å². The molecule has 4 aromatic rings. The minimum atomic E-state index is -0.420. The van der Waals surface area contributed by atoms with Gasteiger partial charge in [-0.1, -0.05) is 6.07 Å². The highest BCUT2D eigenvalue weighted by molar-refractivity contribution is 7.17. The number of rotatable bonds is 4. The molecule has 1 fully saturated rings. The van der Waals surface area contributed by atoms with Gasteiger partial charge in [-0.15, -0.1) is 11.3 Å². The van der Waals surface area contributed by atoms with Crippen molar-refractivity contribution in [2.45, 2.75) is 32.4 Å². The summed E-state index contributed by atoms with van der Waals surface area (Å²) in [6, 6.07) is 11.6. The molecule has 1 aliphatic rings. The van der Waals surface area contributed by atoms with E-state index in [1.807, 2.05) is 24.3 Å². The van der Waals surface area contributed by atoms with E-state index in [0.717, 1.165) is 47.3 Å². The minimum Gasteiger partial charge on any atom is -0.406 e. The second kappa shape index (κ2) is 7.56. The first kappa shape index (κ1) is 19.3. The fourth-order valence-electron chi connectivity index (χ4n) is 4.70. The van der Waals surface area contributed by atoms with Crippen LogP contribution in [-0.4, -0.2) is 41.6 Å². The van der Waals surface area contributed by atoms with Crippen molar-refractivity contribution in [1.82, 2.24) is 9.88 Å². The predicted octanol–water partition coefficient (Wildman–Crippen LogP) is 4.62. The molecule has 5 nitrogen and oxygen atoms in total. The molecular formula is C23H24FN3O2S. The SMILES string of the molecule is C[C@@H]1CN(c2cccc3[nH]c(=O)oc23)C[C@H](C)N1CCc1csc2ccc(F)cc12. The third kappa shape index (κ3) is 3.42. The maximum atomic E-state index is 13.7. The maximum Gasteiger partial charge on any atom is 0.417 e. The molecule has 1 N–H and O–H groups in total. The first-order valence-corrected chi connectivity index (χ1v) is 11.2. The number of nitrogens with zero attached hydrogens (tertiary/aromatic N) is 2. The van der Waals surface area contributed by atoms with Gasteiger partial charge in [0.15, 0.2) is 5.58 Å². The quantitative estimate of drug-likeness (QED) is 0.519. The van der Waals surface area contributed by atoms with Gasteiger partial charge >= 0.3 is 5.76 Å². The third-order valence-electron chi connectivity index (χ3n) is 6.12. The molecule has 0 bridgehead atoms. The van der Waals surface area contributed by atoms with Crippen LogP contribution < -0.4 is 10.7 Å². The van der Waals surface area contributed by atoms with Crippen molar-refractivity contribution in [3.05, 3.63) is 63.7 Å². The fourth-order valence-corrected chi connectivity index (χ4v) is 5.68. The van der Waals surface area contributed by atoms with Crippen LogP contribution in [0.3, 0.4) is 0 Å². The second-order valence-corrected chi connectivity index (χ2v) is 9.07. The lowest BCUT2D eigenvalue weighted by molar-refractivity contribution is 0.134. The average molecular weight is 426 g/mol. The number of hydrogen-bond donors (Lipinski definition) is 1. The molecule has 1 aliphatic heterocycles. The molecule has 5 rings (SSSR count). The van der Waals surface area contributed by atoms with E-state index < -0.39 is 5.76 Å². The van der Waals surface area contributed by atoms with E-state index in [9.17, 15) is 9.18 Å². The molecule has 156 valence electrons. The smallest absolute Gasteiger partial charge is 0.406 e. The maximum absolute atomic E-state index is 13.7. The number of anilines is 1. The Morgan fingerprint density at radius 2 is 2.00 bits per heavy atom. The number of halogens is 1. The van der Waals surface area contributed by atoms with Crippen LogP contribution in [0.1, 0.15) is 19.4 Å². The first-order valence-electron chi connectivity index (χ1n) is 10.3. The number of H-pyrrole nitrogens is 1. The summed E-state index contributed by atoms with van der Waals surface area (Å²) < 4.78 is 20.2. The Morgan fingerprint density at radius 3 is 2.80 bits per heavy atom. The van der Waals surface area contributed by atoms with E-state index >= 15 is 0 Å². The molecule has 2 aromatic carbocycles. The van der Waals surface area contributed by atoms with Crippen molar-refractivity contribution in [3.63, 3.8) is 0 Å². The summed E-state index contributed by atoms with van der Waals surface area (Å²) in [4.78, 5) is 19.2. The van der Waals surface area contributed by atoms with Crippen LogP contribution in [-0.2, 0) is 6.42 Å². The van der Waals surface area contributed by atoms with Crippen LogP contribution in [0, 0.1) is 5.82 Å². The molecule has 30 heavy (non-hydrogen) atoms. The number of piperazine rings is 1. The van der Waals surface area contributed by atoms with Crippen LogP contribution in [0.5, 0.6) is 0 Å². The van der Waals surface area contributed by atoms with Gasteiger partial charge in [0.05, 0.1) is 11.2 Å². The van der Waals surface area contributed by atoms with Gasteiger partial charge < -0.3 is 9.32 Å². The summed E-state index contributed by atoms with van der Waals surface area (Å²) in [6.07, 6.45) is 0.903. The van der Waals surface area contributed by atoms with Crippen molar-refractivity contribution in [2.24, 2.45) is 0 Å².